The van der Waals surface area contributed by atoms with Gasteiger partial charge < -0.3 is 14.8 Å². The Bertz CT molecular complexity index is 717. The van der Waals surface area contributed by atoms with Crippen LogP contribution in [0, 0.1) is 17.2 Å². The highest BCUT2D eigenvalue weighted by molar-refractivity contribution is 6.00. The number of nitrogens with one attached hydrogen (secondary N) is 2. The van der Waals surface area contributed by atoms with Crippen molar-refractivity contribution in [3.63, 3.8) is 0 Å². The second-order valence-corrected chi connectivity index (χ2v) is 5.67. The number of hydrogen-bond donors (Lipinski definition) is 2. The standard InChI is InChI=1S/C18H21N3O5/c1-12(2)10-20-18(24)21-16(22)11-26-17(23)14(9-19)8-13-4-6-15(25-3)7-5-13/h4-8,12H,10-11H2,1-3H3,(H2,20,21,22,24)/b14-8+. The van der Waals surface area contributed by atoms with Crippen molar-refractivity contribution in [3.05, 3.63) is 35.4 Å². The zero-order valence-electron chi connectivity index (χ0n) is 14.9. The Morgan fingerprint density at radius 1 is 1.23 bits per heavy atom. The average Bonchev–Trinajstić information content (AvgIpc) is 2.63. The van der Waals surface area contributed by atoms with E-state index < -0.39 is 24.5 Å². The third-order valence-corrected chi connectivity index (χ3v) is 3.03. The lowest BCUT2D eigenvalue weighted by molar-refractivity contribution is -0.144. The summed E-state index contributed by atoms with van der Waals surface area (Å²) in [4.78, 5) is 34.9. The van der Waals surface area contributed by atoms with E-state index in [1.165, 1.54) is 13.2 Å². The van der Waals surface area contributed by atoms with Crippen LogP contribution >= 0.6 is 0 Å². The fourth-order valence-electron chi connectivity index (χ4n) is 1.72. The molecule has 0 heterocycles. The second kappa shape index (κ2) is 10.5. The lowest BCUT2D eigenvalue weighted by atomic mass is 10.1. The zero-order valence-corrected chi connectivity index (χ0v) is 14.9. The number of rotatable bonds is 7. The van der Waals surface area contributed by atoms with Gasteiger partial charge in [-0.05, 0) is 29.7 Å². The average molecular weight is 359 g/mol. The van der Waals surface area contributed by atoms with E-state index in [1.54, 1.807) is 30.3 Å². The summed E-state index contributed by atoms with van der Waals surface area (Å²) in [6, 6.07) is 7.72. The first-order valence-corrected chi connectivity index (χ1v) is 7.86. The molecule has 138 valence electrons. The topological polar surface area (TPSA) is 118 Å². The molecule has 3 amide bonds. The monoisotopic (exact) mass is 359 g/mol. The van der Waals surface area contributed by atoms with Gasteiger partial charge in [0.2, 0.25) is 0 Å². The van der Waals surface area contributed by atoms with E-state index in [9.17, 15) is 14.4 Å². The summed E-state index contributed by atoms with van der Waals surface area (Å²) in [6.07, 6.45) is 1.33. The molecule has 0 unspecified atom stereocenters. The van der Waals surface area contributed by atoms with Crippen molar-refractivity contribution in [2.24, 2.45) is 5.92 Å². The fourth-order valence-corrected chi connectivity index (χ4v) is 1.72. The van der Waals surface area contributed by atoms with E-state index in [0.29, 0.717) is 17.9 Å². The lowest BCUT2D eigenvalue weighted by Crippen LogP contribution is -2.42. The maximum atomic E-state index is 11.9. The largest absolute Gasteiger partial charge is 0.497 e. The molecule has 0 aliphatic heterocycles. The number of nitrogens with zero attached hydrogens (tertiary/aromatic N) is 1. The maximum absolute atomic E-state index is 11.9. The van der Waals surface area contributed by atoms with Gasteiger partial charge in [0.1, 0.15) is 17.4 Å². The Morgan fingerprint density at radius 3 is 2.42 bits per heavy atom. The van der Waals surface area contributed by atoms with Gasteiger partial charge in [0.25, 0.3) is 5.91 Å². The number of esters is 1. The molecule has 26 heavy (non-hydrogen) atoms. The quantitative estimate of drug-likeness (QED) is 0.434. The molecular weight excluding hydrogens is 338 g/mol. The Hall–Kier alpha value is -3.34. The zero-order chi connectivity index (χ0) is 19.5. The van der Waals surface area contributed by atoms with Crippen LogP contribution in [-0.2, 0) is 14.3 Å². The van der Waals surface area contributed by atoms with Crippen molar-refractivity contribution in [1.29, 1.82) is 5.26 Å². The smallest absolute Gasteiger partial charge is 0.349 e. The lowest BCUT2D eigenvalue weighted by Gasteiger charge is -2.08. The van der Waals surface area contributed by atoms with Gasteiger partial charge in [-0.1, -0.05) is 26.0 Å². The van der Waals surface area contributed by atoms with Crippen molar-refractivity contribution in [2.75, 3.05) is 20.3 Å². The highest BCUT2D eigenvalue weighted by atomic mass is 16.5. The Labute approximate surface area is 151 Å². The number of methoxy groups -OCH3 is 1. The van der Waals surface area contributed by atoms with Crippen LogP contribution < -0.4 is 15.4 Å². The molecule has 0 saturated carbocycles. The number of hydrogen-bond acceptors (Lipinski definition) is 6. The first-order valence-electron chi connectivity index (χ1n) is 7.86. The first kappa shape index (κ1) is 20.7. The number of urea groups is 1. The van der Waals surface area contributed by atoms with E-state index in [4.69, 9.17) is 14.7 Å². The number of benzene rings is 1. The van der Waals surface area contributed by atoms with Crippen molar-refractivity contribution < 1.29 is 23.9 Å². The summed E-state index contributed by atoms with van der Waals surface area (Å²) in [5, 5.41) is 13.6. The van der Waals surface area contributed by atoms with E-state index in [-0.39, 0.29) is 11.5 Å². The fraction of sp³-hybridized carbons (Fsp3) is 0.333. The Kier molecular flexibility index (Phi) is 8.37. The summed E-state index contributed by atoms with van der Waals surface area (Å²) in [5.41, 5.74) is 0.323. The van der Waals surface area contributed by atoms with Crippen LogP contribution in [0.1, 0.15) is 19.4 Å². The molecule has 0 saturated heterocycles. The highest BCUT2D eigenvalue weighted by Gasteiger charge is 2.14. The first-order chi connectivity index (χ1) is 12.3. The summed E-state index contributed by atoms with van der Waals surface area (Å²) in [6.45, 7) is 3.54. The van der Waals surface area contributed by atoms with Crippen molar-refractivity contribution in [1.82, 2.24) is 10.6 Å². The van der Waals surface area contributed by atoms with Crippen LogP contribution in [-0.4, -0.2) is 38.2 Å². The van der Waals surface area contributed by atoms with Gasteiger partial charge in [0, 0.05) is 6.54 Å². The van der Waals surface area contributed by atoms with Gasteiger partial charge in [0.05, 0.1) is 7.11 Å². The van der Waals surface area contributed by atoms with Gasteiger partial charge in [-0.3, -0.25) is 10.1 Å². The molecule has 0 bridgehead atoms. The molecule has 0 radical (unpaired) electrons. The van der Waals surface area contributed by atoms with Crippen molar-refractivity contribution >= 4 is 24.0 Å². The van der Waals surface area contributed by atoms with Crippen LogP contribution in [0.2, 0.25) is 0 Å². The minimum Gasteiger partial charge on any atom is -0.497 e. The second-order valence-electron chi connectivity index (χ2n) is 5.67. The van der Waals surface area contributed by atoms with Crippen LogP contribution in [0.3, 0.4) is 0 Å². The van der Waals surface area contributed by atoms with E-state index >= 15 is 0 Å². The minimum atomic E-state index is -0.957. The minimum absolute atomic E-state index is 0.231. The van der Waals surface area contributed by atoms with Gasteiger partial charge in [-0.15, -0.1) is 0 Å². The van der Waals surface area contributed by atoms with Crippen molar-refractivity contribution in [3.8, 4) is 11.8 Å². The van der Waals surface area contributed by atoms with Gasteiger partial charge in [0.15, 0.2) is 6.61 Å². The Balaban J connectivity index is 2.56. The van der Waals surface area contributed by atoms with Crippen LogP contribution in [0.4, 0.5) is 4.79 Å². The summed E-state index contributed by atoms with van der Waals surface area (Å²) < 4.78 is 9.77. The number of carbonyl (C=O) groups excluding carboxylic acids is 3. The number of ether oxygens (including phenoxy) is 2. The number of carbonyl (C=O) groups is 3. The summed E-state index contributed by atoms with van der Waals surface area (Å²) in [5.74, 6) is -0.881. The van der Waals surface area contributed by atoms with Crippen LogP contribution in [0.5, 0.6) is 5.75 Å². The molecule has 0 fully saturated rings. The third-order valence-electron chi connectivity index (χ3n) is 3.03. The van der Waals surface area contributed by atoms with Gasteiger partial charge >= 0.3 is 12.0 Å². The molecule has 2 N–H and O–H groups in total. The summed E-state index contributed by atoms with van der Waals surface area (Å²) in [7, 11) is 1.52. The van der Waals surface area contributed by atoms with Crippen molar-refractivity contribution in [2.45, 2.75) is 13.8 Å². The molecule has 0 aromatic heterocycles. The van der Waals surface area contributed by atoms with Gasteiger partial charge in [-0.2, -0.15) is 5.26 Å². The van der Waals surface area contributed by atoms with Crippen LogP contribution in [0.25, 0.3) is 6.08 Å². The summed E-state index contributed by atoms with van der Waals surface area (Å²) >= 11 is 0. The number of nitriles is 1. The van der Waals surface area contributed by atoms with Gasteiger partial charge in [-0.25, -0.2) is 9.59 Å². The van der Waals surface area contributed by atoms with E-state index in [0.717, 1.165) is 0 Å². The predicted octanol–water partition coefficient (Wildman–Crippen LogP) is 1.63. The normalized spacial score (nSPS) is 10.7. The SMILES string of the molecule is COc1ccc(/C=C(\C#N)C(=O)OCC(=O)NC(=O)NCC(C)C)cc1. The predicted molar refractivity (Wildman–Crippen MR) is 93.9 cm³/mol. The molecule has 1 aromatic rings. The molecular formula is C18H21N3O5. The number of amides is 3. The molecule has 0 spiro atoms. The third kappa shape index (κ3) is 7.49. The van der Waals surface area contributed by atoms with E-state index in [2.05, 4.69) is 5.32 Å². The molecule has 8 heteroatoms. The maximum Gasteiger partial charge on any atom is 0.349 e. The number of imide groups is 1. The highest BCUT2D eigenvalue weighted by Crippen LogP contribution is 2.14. The molecule has 0 atom stereocenters. The molecule has 0 aliphatic carbocycles. The molecule has 8 nitrogen and oxygen atoms in total. The molecule has 1 aromatic carbocycles. The van der Waals surface area contributed by atoms with E-state index in [1.807, 2.05) is 19.2 Å². The molecule has 0 aliphatic rings. The molecule has 1 rings (SSSR count). The Morgan fingerprint density at radius 2 is 1.88 bits per heavy atom. The van der Waals surface area contributed by atoms with Crippen LogP contribution in [0.15, 0.2) is 29.8 Å².